The van der Waals surface area contributed by atoms with Crippen LogP contribution in [0.15, 0.2) is 18.2 Å². The molecule has 19 heavy (non-hydrogen) atoms. The molecule has 2 rings (SSSR count). The van der Waals surface area contributed by atoms with E-state index in [4.69, 9.17) is 5.73 Å². The van der Waals surface area contributed by atoms with E-state index in [9.17, 15) is 9.18 Å². The first-order valence-electron chi connectivity index (χ1n) is 6.58. The van der Waals surface area contributed by atoms with Gasteiger partial charge in [0, 0.05) is 24.8 Å². The standard InChI is InChI=1S/C14H20FN3O/c1-10-2-3-11(15)8-13(10)17-14(19)9-18-6-4-12(16)5-7-18/h2-3,8,12H,4-7,9,16H2,1H3,(H,17,19). The molecule has 1 fully saturated rings. The Balaban J connectivity index is 1.89. The maximum Gasteiger partial charge on any atom is 0.238 e. The molecule has 104 valence electrons. The predicted molar refractivity (Wildman–Crippen MR) is 73.4 cm³/mol. The second kappa shape index (κ2) is 6.12. The third-order valence-electron chi connectivity index (χ3n) is 3.47. The monoisotopic (exact) mass is 265 g/mol. The van der Waals surface area contributed by atoms with Crippen LogP contribution in [0.25, 0.3) is 0 Å². The van der Waals surface area contributed by atoms with Crippen molar-refractivity contribution in [1.29, 1.82) is 0 Å². The summed E-state index contributed by atoms with van der Waals surface area (Å²) in [6.07, 6.45) is 1.85. The Bertz CT molecular complexity index is 456. The van der Waals surface area contributed by atoms with Gasteiger partial charge in [0.1, 0.15) is 5.82 Å². The number of amides is 1. The molecular formula is C14H20FN3O. The van der Waals surface area contributed by atoms with Gasteiger partial charge in [-0.25, -0.2) is 4.39 Å². The molecule has 1 aromatic carbocycles. The average molecular weight is 265 g/mol. The van der Waals surface area contributed by atoms with Crippen LogP contribution in [-0.4, -0.2) is 36.5 Å². The predicted octanol–water partition coefficient (Wildman–Crippen LogP) is 1.50. The Morgan fingerprint density at radius 1 is 1.47 bits per heavy atom. The number of piperidine rings is 1. The lowest BCUT2D eigenvalue weighted by molar-refractivity contribution is -0.117. The smallest absolute Gasteiger partial charge is 0.238 e. The molecule has 4 nitrogen and oxygen atoms in total. The highest BCUT2D eigenvalue weighted by Gasteiger charge is 2.18. The molecule has 1 aromatic rings. The van der Waals surface area contributed by atoms with Crippen LogP contribution in [0.5, 0.6) is 0 Å². The van der Waals surface area contributed by atoms with Crippen molar-refractivity contribution in [1.82, 2.24) is 4.90 Å². The SMILES string of the molecule is Cc1ccc(F)cc1NC(=O)CN1CCC(N)CC1. The summed E-state index contributed by atoms with van der Waals surface area (Å²) in [7, 11) is 0. The summed E-state index contributed by atoms with van der Waals surface area (Å²) in [5.41, 5.74) is 7.22. The number of benzene rings is 1. The van der Waals surface area contributed by atoms with Crippen molar-refractivity contribution in [2.75, 3.05) is 25.0 Å². The van der Waals surface area contributed by atoms with Gasteiger partial charge < -0.3 is 11.1 Å². The maximum atomic E-state index is 13.1. The molecule has 0 saturated carbocycles. The number of nitrogens with two attached hydrogens (primary N) is 1. The van der Waals surface area contributed by atoms with Gasteiger partial charge >= 0.3 is 0 Å². The number of hydrogen-bond donors (Lipinski definition) is 2. The van der Waals surface area contributed by atoms with E-state index in [-0.39, 0.29) is 17.8 Å². The van der Waals surface area contributed by atoms with E-state index in [0.717, 1.165) is 31.5 Å². The molecule has 1 aliphatic rings. The number of carbonyl (C=O) groups excluding carboxylic acids is 1. The van der Waals surface area contributed by atoms with Crippen LogP contribution in [0.2, 0.25) is 0 Å². The zero-order chi connectivity index (χ0) is 13.8. The second-order valence-corrected chi connectivity index (χ2v) is 5.12. The Morgan fingerprint density at radius 2 is 2.16 bits per heavy atom. The van der Waals surface area contributed by atoms with Crippen molar-refractivity contribution in [3.63, 3.8) is 0 Å². The number of nitrogens with one attached hydrogen (secondary N) is 1. The van der Waals surface area contributed by atoms with E-state index >= 15 is 0 Å². The fourth-order valence-corrected chi connectivity index (χ4v) is 2.23. The van der Waals surface area contributed by atoms with Crippen LogP contribution in [-0.2, 0) is 4.79 Å². The van der Waals surface area contributed by atoms with Crippen LogP contribution in [0, 0.1) is 12.7 Å². The number of aryl methyl sites for hydroxylation is 1. The number of carbonyl (C=O) groups is 1. The minimum absolute atomic E-state index is 0.107. The number of rotatable bonds is 3. The molecule has 0 aromatic heterocycles. The van der Waals surface area contributed by atoms with Crippen molar-refractivity contribution < 1.29 is 9.18 Å². The molecule has 5 heteroatoms. The molecule has 0 atom stereocenters. The number of hydrogen-bond acceptors (Lipinski definition) is 3. The van der Waals surface area contributed by atoms with Crippen LogP contribution in [0.3, 0.4) is 0 Å². The molecule has 0 unspecified atom stereocenters. The van der Waals surface area contributed by atoms with Gasteiger partial charge in [-0.3, -0.25) is 9.69 Å². The van der Waals surface area contributed by atoms with Gasteiger partial charge in [-0.2, -0.15) is 0 Å². The Hall–Kier alpha value is -1.46. The van der Waals surface area contributed by atoms with Gasteiger partial charge in [-0.15, -0.1) is 0 Å². The largest absolute Gasteiger partial charge is 0.328 e. The first-order chi connectivity index (χ1) is 9.04. The number of anilines is 1. The molecule has 1 heterocycles. The van der Waals surface area contributed by atoms with E-state index in [1.807, 2.05) is 6.92 Å². The third kappa shape index (κ3) is 4.01. The van der Waals surface area contributed by atoms with Crippen molar-refractivity contribution in [2.45, 2.75) is 25.8 Å². The maximum absolute atomic E-state index is 13.1. The highest BCUT2D eigenvalue weighted by Crippen LogP contribution is 2.16. The molecule has 0 spiro atoms. The third-order valence-corrected chi connectivity index (χ3v) is 3.47. The first kappa shape index (κ1) is 14.0. The summed E-state index contributed by atoms with van der Waals surface area (Å²) in [5.74, 6) is -0.450. The van der Waals surface area contributed by atoms with E-state index in [0.29, 0.717) is 12.2 Å². The molecule has 3 N–H and O–H groups in total. The normalized spacial score (nSPS) is 17.4. The van der Waals surface area contributed by atoms with Crippen molar-refractivity contribution in [2.24, 2.45) is 5.73 Å². The summed E-state index contributed by atoms with van der Waals surface area (Å²) in [5, 5.41) is 2.76. The minimum Gasteiger partial charge on any atom is -0.328 e. The quantitative estimate of drug-likeness (QED) is 0.870. The topological polar surface area (TPSA) is 58.4 Å². The molecule has 1 saturated heterocycles. The van der Waals surface area contributed by atoms with Gasteiger partial charge in [-0.1, -0.05) is 6.07 Å². The summed E-state index contributed by atoms with van der Waals surface area (Å²) in [6.45, 7) is 3.87. The van der Waals surface area contributed by atoms with E-state index in [1.165, 1.54) is 12.1 Å². The van der Waals surface area contributed by atoms with E-state index < -0.39 is 0 Å². The van der Waals surface area contributed by atoms with Crippen molar-refractivity contribution in [3.8, 4) is 0 Å². The second-order valence-electron chi connectivity index (χ2n) is 5.12. The molecule has 1 amide bonds. The van der Waals surface area contributed by atoms with Crippen LogP contribution >= 0.6 is 0 Å². The summed E-state index contributed by atoms with van der Waals surface area (Å²) in [6, 6.07) is 4.64. The first-order valence-corrected chi connectivity index (χ1v) is 6.58. The Kier molecular flexibility index (Phi) is 4.50. The summed E-state index contributed by atoms with van der Waals surface area (Å²) >= 11 is 0. The molecule has 0 radical (unpaired) electrons. The number of likely N-dealkylation sites (tertiary alicyclic amines) is 1. The zero-order valence-corrected chi connectivity index (χ0v) is 11.2. The van der Waals surface area contributed by atoms with Gasteiger partial charge in [0.2, 0.25) is 5.91 Å². The molecular weight excluding hydrogens is 245 g/mol. The zero-order valence-electron chi connectivity index (χ0n) is 11.2. The minimum atomic E-state index is -0.343. The fourth-order valence-electron chi connectivity index (χ4n) is 2.23. The van der Waals surface area contributed by atoms with Crippen LogP contribution in [0.1, 0.15) is 18.4 Å². The van der Waals surface area contributed by atoms with Gasteiger partial charge in [0.05, 0.1) is 6.54 Å². The van der Waals surface area contributed by atoms with E-state index in [2.05, 4.69) is 10.2 Å². The van der Waals surface area contributed by atoms with Gasteiger partial charge in [0.15, 0.2) is 0 Å². The lowest BCUT2D eigenvalue weighted by Crippen LogP contribution is -2.43. The number of halogens is 1. The van der Waals surface area contributed by atoms with Crippen molar-refractivity contribution in [3.05, 3.63) is 29.6 Å². The lowest BCUT2D eigenvalue weighted by atomic mass is 10.1. The average Bonchev–Trinajstić information content (AvgIpc) is 2.37. The Labute approximate surface area is 112 Å². The molecule has 0 bridgehead atoms. The highest BCUT2D eigenvalue weighted by molar-refractivity contribution is 5.92. The van der Waals surface area contributed by atoms with Crippen molar-refractivity contribution >= 4 is 11.6 Å². The van der Waals surface area contributed by atoms with Crippen LogP contribution in [0.4, 0.5) is 10.1 Å². The fraction of sp³-hybridized carbons (Fsp3) is 0.500. The molecule has 1 aliphatic heterocycles. The summed E-state index contributed by atoms with van der Waals surface area (Å²) in [4.78, 5) is 14.0. The number of nitrogens with zero attached hydrogens (tertiary/aromatic N) is 1. The summed E-state index contributed by atoms with van der Waals surface area (Å²) < 4.78 is 13.1. The Morgan fingerprint density at radius 3 is 2.84 bits per heavy atom. The van der Waals surface area contributed by atoms with Gasteiger partial charge in [-0.05, 0) is 37.5 Å². The lowest BCUT2D eigenvalue weighted by Gasteiger charge is -2.29. The van der Waals surface area contributed by atoms with E-state index in [1.54, 1.807) is 6.07 Å². The van der Waals surface area contributed by atoms with Crippen LogP contribution < -0.4 is 11.1 Å². The van der Waals surface area contributed by atoms with Gasteiger partial charge in [0.25, 0.3) is 0 Å². The highest BCUT2D eigenvalue weighted by atomic mass is 19.1. The molecule has 0 aliphatic carbocycles.